The lowest BCUT2D eigenvalue weighted by atomic mass is 10.0. The molecule has 0 aliphatic rings. The van der Waals surface area contributed by atoms with Gasteiger partial charge < -0.3 is 0 Å². The largest absolute Gasteiger partial charge is 0.0625 e. The first kappa shape index (κ1) is 10.8. The Morgan fingerprint density at radius 2 is 2.00 bits per heavy atom. The quantitative estimate of drug-likeness (QED) is 0.743. The molecule has 0 N–H and O–H groups in total. The molecule has 1 heteroatoms. The highest BCUT2D eigenvalue weighted by Crippen LogP contribution is 2.20. The van der Waals surface area contributed by atoms with E-state index in [0.29, 0.717) is 0 Å². The molecular formula is C12H17Br. The van der Waals surface area contributed by atoms with E-state index < -0.39 is 0 Å². The van der Waals surface area contributed by atoms with E-state index in [1.54, 1.807) is 0 Å². The lowest BCUT2D eigenvalue weighted by molar-refractivity contribution is 0.647. The molecule has 72 valence electrons. The molecule has 1 aromatic carbocycles. The van der Waals surface area contributed by atoms with Crippen molar-refractivity contribution in [3.8, 4) is 0 Å². The first-order chi connectivity index (χ1) is 6.13. The molecule has 1 aromatic rings. The smallest absolute Gasteiger partial charge is 0.0209 e. The number of benzene rings is 1. The van der Waals surface area contributed by atoms with Crippen molar-refractivity contribution in [1.29, 1.82) is 0 Å². The fourth-order valence-electron chi connectivity index (χ4n) is 1.48. The number of hydrogen-bond acceptors (Lipinski definition) is 0. The molecule has 0 bridgehead atoms. The topological polar surface area (TPSA) is 0 Å². The fraction of sp³-hybridized carbons (Fsp3) is 0.500. The molecule has 0 heterocycles. The number of aryl methyl sites for hydroxylation is 1. The van der Waals surface area contributed by atoms with Gasteiger partial charge in [0.15, 0.2) is 0 Å². The zero-order valence-electron chi connectivity index (χ0n) is 8.60. The summed E-state index contributed by atoms with van der Waals surface area (Å²) in [6.45, 7) is 6.69. The Labute approximate surface area is 89.5 Å². The maximum absolute atomic E-state index is 3.60. The van der Waals surface area contributed by atoms with Gasteiger partial charge in [-0.25, -0.2) is 0 Å². The zero-order valence-corrected chi connectivity index (χ0v) is 10.2. The summed E-state index contributed by atoms with van der Waals surface area (Å²) in [6.07, 6.45) is 2.27. The van der Waals surface area contributed by atoms with Crippen LogP contribution in [0.4, 0.5) is 0 Å². The third-order valence-electron chi connectivity index (χ3n) is 2.14. The van der Waals surface area contributed by atoms with Gasteiger partial charge in [0.25, 0.3) is 0 Å². The first-order valence-corrected chi connectivity index (χ1v) is 5.70. The number of halogens is 1. The molecule has 13 heavy (non-hydrogen) atoms. The van der Waals surface area contributed by atoms with Crippen molar-refractivity contribution in [2.75, 3.05) is 0 Å². The Balaban J connectivity index is 2.83. The van der Waals surface area contributed by atoms with Crippen LogP contribution in [0.5, 0.6) is 0 Å². The Morgan fingerprint density at radius 1 is 1.31 bits per heavy atom. The van der Waals surface area contributed by atoms with Crippen LogP contribution in [0.2, 0.25) is 0 Å². The van der Waals surface area contributed by atoms with Crippen molar-refractivity contribution in [3.63, 3.8) is 0 Å². The second-order valence-electron chi connectivity index (χ2n) is 3.88. The highest BCUT2D eigenvalue weighted by Gasteiger charge is 2.01. The third-order valence-corrected chi connectivity index (χ3v) is 2.88. The zero-order chi connectivity index (χ0) is 9.84. The molecule has 0 saturated carbocycles. The van der Waals surface area contributed by atoms with Crippen molar-refractivity contribution < 1.29 is 0 Å². The molecule has 0 radical (unpaired) electrons. The van der Waals surface area contributed by atoms with E-state index in [0.717, 1.165) is 12.3 Å². The van der Waals surface area contributed by atoms with Gasteiger partial charge in [-0.3, -0.25) is 0 Å². The van der Waals surface area contributed by atoms with E-state index in [9.17, 15) is 0 Å². The van der Waals surface area contributed by atoms with E-state index in [-0.39, 0.29) is 0 Å². The fourth-order valence-corrected chi connectivity index (χ4v) is 2.18. The van der Waals surface area contributed by atoms with Crippen molar-refractivity contribution >= 4 is 15.9 Å². The van der Waals surface area contributed by atoms with E-state index in [1.807, 2.05) is 0 Å². The van der Waals surface area contributed by atoms with Gasteiger partial charge in [-0.2, -0.15) is 0 Å². The van der Waals surface area contributed by atoms with Gasteiger partial charge in [0.05, 0.1) is 0 Å². The van der Waals surface area contributed by atoms with Crippen LogP contribution in [-0.4, -0.2) is 0 Å². The summed E-state index contributed by atoms with van der Waals surface area (Å²) in [7, 11) is 0. The Morgan fingerprint density at radius 3 is 2.46 bits per heavy atom. The molecule has 0 atom stereocenters. The first-order valence-electron chi connectivity index (χ1n) is 4.90. The minimum Gasteiger partial charge on any atom is -0.0625 e. The summed E-state index contributed by atoms with van der Waals surface area (Å²) >= 11 is 3.60. The molecule has 0 unspecified atom stereocenters. The second kappa shape index (κ2) is 4.80. The van der Waals surface area contributed by atoms with Crippen LogP contribution in [0.1, 0.15) is 31.9 Å². The minimum atomic E-state index is 0.736. The summed E-state index contributed by atoms with van der Waals surface area (Å²) < 4.78 is 1.26. The molecule has 0 aliphatic heterocycles. The van der Waals surface area contributed by atoms with E-state index in [1.165, 1.54) is 22.0 Å². The van der Waals surface area contributed by atoms with Gasteiger partial charge in [0, 0.05) is 4.47 Å². The maximum Gasteiger partial charge on any atom is 0.0209 e. The summed E-state index contributed by atoms with van der Waals surface area (Å²) in [4.78, 5) is 0. The Hall–Kier alpha value is -0.300. The second-order valence-corrected chi connectivity index (χ2v) is 4.73. The van der Waals surface area contributed by atoms with E-state index in [4.69, 9.17) is 0 Å². The van der Waals surface area contributed by atoms with Gasteiger partial charge in [-0.1, -0.05) is 48.8 Å². The SMILES string of the molecule is CCc1ccc(CC(C)C)cc1Br. The molecule has 1 rings (SSSR count). The minimum absolute atomic E-state index is 0.736. The number of hydrogen-bond donors (Lipinski definition) is 0. The van der Waals surface area contributed by atoms with Crippen LogP contribution < -0.4 is 0 Å². The van der Waals surface area contributed by atoms with Crippen LogP contribution in [0.3, 0.4) is 0 Å². The number of rotatable bonds is 3. The van der Waals surface area contributed by atoms with Crippen LogP contribution in [-0.2, 0) is 12.8 Å². The lowest BCUT2D eigenvalue weighted by Crippen LogP contribution is -1.94. The van der Waals surface area contributed by atoms with E-state index in [2.05, 4.69) is 54.9 Å². The summed E-state index contributed by atoms with van der Waals surface area (Å²) in [5.41, 5.74) is 2.83. The van der Waals surface area contributed by atoms with E-state index >= 15 is 0 Å². The van der Waals surface area contributed by atoms with Crippen molar-refractivity contribution in [2.24, 2.45) is 5.92 Å². The summed E-state index contributed by atoms with van der Waals surface area (Å²) in [5, 5.41) is 0. The Kier molecular flexibility index (Phi) is 3.98. The van der Waals surface area contributed by atoms with Gasteiger partial charge in [0.1, 0.15) is 0 Å². The maximum atomic E-state index is 3.60. The molecular weight excluding hydrogens is 224 g/mol. The average molecular weight is 241 g/mol. The van der Waals surface area contributed by atoms with Crippen molar-refractivity contribution in [3.05, 3.63) is 33.8 Å². The standard InChI is InChI=1S/C12H17Br/c1-4-11-6-5-10(7-9(2)3)8-12(11)13/h5-6,8-9H,4,7H2,1-3H3. The molecule has 0 fully saturated rings. The predicted octanol–water partition coefficient (Wildman–Crippen LogP) is 4.21. The third kappa shape index (κ3) is 3.15. The van der Waals surface area contributed by atoms with Crippen molar-refractivity contribution in [2.45, 2.75) is 33.6 Å². The van der Waals surface area contributed by atoms with Gasteiger partial charge >= 0.3 is 0 Å². The monoisotopic (exact) mass is 240 g/mol. The normalized spacial score (nSPS) is 10.8. The molecule has 0 nitrogen and oxygen atoms in total. The summed E-state index contributed by atoms with van der Waals surface area (Å²) in [6, 6.07) is 6.71. The van der Waals surface area contributed by atoms with Crippen molar-refractivity contribution in [1.82, 2.24) is 0 Å². The summed E-state index contributed by atoms with van der Waals surface area (Å²) in [5.74, 6) is 0.736. The van der Waals surface area contributed by atoms with Gasteiger partial charge in [-0.05, 0) is 36.0 Å². The lowest BCUT2D eigenvalue weighted by Gasteiger charge is -2.07. The van der Waals surface area contributed by atoms with Crippen LogP contribution in [0.15, 0.2) is 22.7 Å². The predicted molar refractivity (Wildman–Crippen MR) is 62.1 cm³/mol. The average Bonchev–Trinajstić information content (AvgIpc) is 2.03. The molecule has 0 amide bonds. The van der Waals surface area contributed by atoms with Gasteiger partial charge in [0.2, 0.25) is 0 Å². The molecule has 0 aliphatic carbocycles. The van der Waals surface area contributed by atoms with Gasteiger partial charge in [-0.15, -0.1) is 0 Å². The Bertz CT molecular complexity index is 276. The molecule has 0 saturated heterocycles. The highest BCUT2D eigenvalue weighted by atomic mass is 79.9. The van der Waals surface area contributed by atoms with Crippen LogP contribution in [0.25, 0.3) is 0 Å². The van der Waals surface area contributed by atoms with Crippen LogP contribution >= 0.6 is 15.9 Å². The van der Waals surface area contributed by atoms with Crippen LogP contribution in [0, 0.1) is 5.92 Å². The molecule has 0 aromatic heterocycles. The highest BCUT2D eigenvalue weighted by molar-refractivity contribution is 9.10. The molecule has 0 spiro atoms.